The zero-order valence-corrected chi connectivity index (χ0v) is 12.6. The summed E-state index contributed by atoms with van der Waals surface area (Å²) in [5.74, 6) is 0.707. The summed E-state index contributed by atoms with van der Waals surface area (Å²) >= 11 is 0. The van der Waals surface area contributed by atoms with E-state index in [2.05, 4.69) is 10.6 Å². The van der Waals surface area contributed by atoms with Crippen molar-refractivity contribution in [2.45, 2.75) is 6.42 Å². The average Bonchev–Trinajstić information content (AvgIpc) is 2.75. The maximum absolute atomic E-state index is 12.4. The number of hydrogen-bond acceptors (Lipinski definition) is 4. The average molecular weight is 312 g/mol. The monoisotopic (exact) mass is 312 g/mol. The van der Waals surface area contributed by atoms with Crippen LogP contribution in [0.2, 0.25) is 0 Å². The standard InChI is InChI=1S/C17H16N2O4/c1-22-14-5-3-2-4-12(14)19-17(21)11-6-7-15-13(10-11)18-16(20)8-9-23-15/h2-7,10H,8-9H2,1H3,(H,18,20)(H,19,21). The molecule has 2 amide bonds. The van der Waals surface area contributed by atoms with E-state index in [9.17, 15) is 9.59 Å². The fourth-order valence-electron chi connectivity index (χ4n) is 2.30. The molecule has 2 aromatic rings. The maximum atomic E-state index is 12.4. The van der Waals surface area contributed by atoms with E-state index in [0.717, 1.165) is 0 Å². The van der Waals surface area contributed by atoms with Crippen molar-refractivity contribution in [3.05, 3.63) is 48.0 Å². The van der Waals surface area contributed by atoms with Crippen LogP contribution in [0.3, 0.4) is 0 Å². The molecule has 3 rings (SSSR count). The number of ether oxygens (including phenoxy) is 2. The molecule has 0 unspecified atom stereocenters. The maximum Gasteiger partial charge on any atom is 0.255 e. The zero-order valence-electron chi connectivity index (χ0n) is 12.6. The van der Waals surface area contributed by atoms with Crippen LogP contribution < -0.4 is 20.1 Å². The molecule has 0 aliphatic carbocycles. The van der Waals surface area contributed by atoms with E-state index >= 15 is 0 Å². The van der Waals surface area contributed by atoms with Crippen LogP contribution in [-0.2, 0) is 4.79 Å². The highest BCUT2D eigenvalue weighted by Gasteiger charge is 2.17. The minimum Gasteiger partial charge on any atom is -0.495 e. The molecule has 0 radical (unpaired) electrons. The van der Waals surface area contributed by atoms with Gasteiger partial charge >= 0.3 is 0 Å². The molecule has 1 aliphatic heterocycles. The van der Waals surface area contributed by atoms with Gasteiger partial charge in [-0.15, -0.1) is 0 Å². The normalized spacial score (nSPS) is 13.2. The Labute approximate surface area is 133 Å². The van der Waals surface area contributed by atoms with Crippen LogP contribution in [0.1, 0.15) is 16.8 Å². The third-order valence-electron chi connectivity index (χ3n) is 3.46. The van der Waals surface area contributed by atoms with Crippen LogP contribution >= 0.6 is 0 Å². The third-order valence-corrected chi connectivity index (χ3v) is 3.46. The minimum atomic E-state index is -0.296. The summed E-state index contributed by atoms with van der Waals surface area (Å²) in [5, 5.41) is 5.53. The molecule has 0 spiro atoms. The first-order valence-corrected chi connectivity index (χ1v) is 7.18. The van der Waals surface area contributed by atoms with Crippen LogP contribution in [0.25, 0.3) is 0 Å². The first-order valence-electron chi connectivity index (χ1n) is 7.18. The van der Waals surface area contributed by atoms with E-state index in [1.54, 1.807) is 37.4 Å². The molecule has 2 N–H and O–H groups in total. The lowest BCUT2D eigenvalue weighted by molar-refractivity contribution is -0.116. The number of anilines is 2. The van der Waals surface area contributed by atoms with Crippen molar-refractivity contribution in [1.29, 1.82) is 0 Å². The van der Waals surface area contributed by atoms with Crippen molar-refractivity contribution >= 4 is 23.2 Å². The van der Waals surface area contributed by atoms with Gasteiger partial charge in [0.2, 0.25) is 5.91 Å². The highest BCUT2D eigenvalue weighted by atomic mass is 16.5. The molecular formula is C17H16N2O4. The lowest BCUT2D eigenvalue weighted by Crippen LogP contribution is -2.14. The molecule has 6 nitrogen and oxygen atoms in total. The van der Waals surface area contributed by atoms with Crippen LogP contribution in [0, 0.1) is 0 Å². The first-order chi connectivity index (χ1) is 11.2. The van der Waals surface area contributed by atoms with E-state index < -0.39 is 0 Å². The number of benzene rings is 2. The number of nitrogens with one attached hydrogen (secondary N) is 2. The number of para-hydroxylation sites is 2. The Balaban J connectivity index is 1.84. The van der Waals surface area contributed by atoms with Crippen LogP contribution in [0.4, 0.5) is 11.4 Å². The van der Waals surface area contributed by atoms with Crippen molar-refractivity contribution in [2.24, 2.45) is 0 Å². The van der Waals surface area contributed by atoms with Crippen LogP contribution in [-0.4, -0.2) is 25.5 Å². The molecule has 1 aliphatic rings. The molecule has 0 bridgehead atoms. The molecule has 2 aromatic carbocycles. The first kappa shape index (κ1) is 14.9. The lowest BCUT2D eigenvalue weighted by Gasteiger charge is -2.12. The van der Waals surface area contributed by atoms with E-state index in [1.165, 1.54) is 0 Å². The summed E-state index contributed by atoms with van der Waals surface area (Å²) in [6.45, 7) is 0.325. The van der Waals surface area contributed by atoms with Crippen molar-refractivity contribution < 1.29 is 19.1 Å². The molecule has 0 atom stereocenters. The molecule has 23 heavy (non-hydrogen) atoms. The second-order valence-electron chi connectivity index (χ2n) is 5.01. The van der Waals surface area contributed by atoms with Gasteiger partial charge in [0, 0.05) is 5.56 Å². The Kier molecular flexibility index (Phi) is 4.14. The van der Waals surface area contributed by atoms with Crippen LogP contribution in [0.15, 0.2) is 42.5 Å². The fraction of sp³-hybridized carbons (Fsp3) is 0.176. The van der Waals surface area contributed by atoms with Gasteiger partial charge in [0.1, 0.15) is 11.5 Å². The molecule has 0 fully saturated rings. The minimum absolute atomic E-state index is 0.133. The van der Waals surface area contributed by atoms with Gasteiger partial charge in [-0.2, -0.15) is 0 Å². The van der Waals surface area contributed by atoms with Gasteiger partial charge in [-0.05, 0) is 30.3 Å². The van der Waals surface area contributed by atoms with Crippen molar-refractivity contribution in [3.8, 4) is 11.5 Å². The largest absolute Gasteiger partial charge is 0.495 e. The second kappa shape index (κ2) is 6.39. The predicted molar refractivity (Wildman–Crippen MR) is 86.1 cm³/mol. The Morgan fingerprint density at radius 3 is 2.91 bits per heavy atom. The van der Waals surface area contributed by atoms with Crippen LogP contribution in [0.5, 0.6) is 11.5 Å². The Bertz CT molecular complexity index is 758. The zero-order chi connectivity index (χ0) is 16.2. The Morgan fingerprint density at radius 1 is 1.26 bits per heavy atom. The summed E-state index contributed by atoms with van der Waals surface area (Å²) in [4.78, 5) is 24.0. The van der Waals surface area contributed by atoms with Gasteiger partial charge < -0.3 is 20.1 Å². The van der Waals surface area contributed by atoms with Crippen molar-refractivity contribution in [1.82, 2.24) is 0 Å². The molecule has 0 saturated carbocycles. The second-order valence-corrected chi connectivity index (χ2v) is 5.01. The van der Waals surface area contributed by atoms with Crippen molar-refractivity contribution in [3.63, 3.8) is 0 Å². The fourth-order valence-corrected chi connectivity index (χ4v) is 2.30. The number of hydrogen-bond donors (Lipinski definition) is 2. The number of carbonyl (C=O) groups is 2. The molecule has 118 valence electrons. The molecule has 0 saturated heterocycles. The van der Waals surface area contributed by atoms with E-state index in [-0.39, 0.29) is 18.2 Å². The van der Waals surface area contributed by atoms with Gasteiger partial charge in [0.15, 0.2) is 0 Å². The summed E-state index contributed by atoms with van der Waals surface area (Å²) in [5.41, 5.74) is 1.50. The summed E-state index contributed by atoms with van der Waals surface area (Å²) in [7, 11) is 1.54. The Morgan fingerprint density at radius 2 is 2.09 bits per heavy atom. The smallest absolute Gasteiger partial charge is 0.255 e. The van der Waals surface area contributed by atoms with E-state index in [0.29, 0.717) is 35.0 Å². The molecular weight excluding hydrogens is 296 g/mol. The van der Waals surface area contributed by atoms with Crippen molar-refractivity contribution in [2.75, 3.05) is 24.4 Å². The van der Waals surface area contributed by atoms with Gasteiger partial charge in [0.25, 0.3) is 5.91 Å². The summed E-state index contributed by atoms with van der Waals surface area (Å²) in [6, 6.07) is 12.1. The van der Waals surface area contributed by atoms with E-state index in [1.807, 2.05) is 12.1 Å². The highest BCUT2D eigenvalue weighted by Crippen LogP contribution is 2.29. The third kappa shape index (κ3) is 3.26. The highest BCUT2D eigenvalue weighted by molar-refractivity contribution is 6.06. The number of methoxy groups -OCH3 is 1. The summed E-state index contributed by atoms with van der Waals surface area (Å²) in [6.07, 6.45) is 0.289. The number of fused-ring (bicyclic) bond motifs is 1. The SMILES string of the molecule is COc1ccccc1NC(=O)c1ccc2c(c1)NC(=O)CCO2. The topological polar surface area (TPSA) is 76.7 Å². The van der Waals surface area contributed by atoms with Gasteiger partial charge in [0.05, 0.1) is 31.5 Å². The number of rotatable bonds is 3. The number of carbonyl (C=O) groups excluding carboxylic acids is 2. The molecule has 0 aromatic heterocycles. The lowest BCUT2D eigenvalue weighted by atomic mass is 10.1. The van der Waals surface area contributed by atoms with Gasteiger partial charge in [-0.3, -0.25) is 9.59 Å². The van der Waals surface area contributed by atoms with Gasteiger partial charge in [-0.25, -0.2) is 0 Å². The Hall–Kier alpha value is -3.02. The van der Waals surface area contributed by atoms with Gasteiger partial charge in [-0.1, -0.05) is 12.1 Å². The molecule has 6 heteroatoms. The molecule has 1 heterocycles. The number of amides is 2. The predicted octanol–water partition coefficient (Wildman–Crippen LogP) is 2.67. The quantitative estimate of drug-likeness (QED) is 0.913. The summed E-state index contributed by atoms with van der Waals surface area (Å²) < 4.78 is 10.7. The van der Waals surface area contributed by atoms with E-state index in [4.69, 9.17) is 9.47 Å².